The number of nitrogens with zero attached hydrogens (tertiary/aromatic N) is 2. The van der Waals surface area contributed by atoms with E-state index in [0.29, 0.717) is 0 Å². The topological polar surface area (TPSA) is 103 Å². The lowest BCUT2D eigenvalue weighted by molar-refractivity contribution is -0.158. The van der Waals surface area contributed by atoms with Gasteiger partial charge in [-0.25, -0.2) is 24.1 Å². The van der Waals surface area contributed by atoms with Crippen LogP contribution in [0.15, 0.2) is 32.8 Å². The zero-order valence-electron chi connectivity index (χ0n) is 15.6. The molecule has 0 saturated carbocycles. The second-order valence-electron chi connectivity index (χ2n) is 5.98. The second-order valence-corrected chi connectivity index (χ2v) is 6.79. The smallest absolute Gasteiger partial charge is 0.366 e. The molecule has 2 N–H and O–H groups in total. The zero-order valence-corrected chi connectivity index (χ0v) is 17.1. The van der Waals surface area contributed by atoms with E-state index in [4.69, 9.17) is 28.3 Å². The predicted octanol–water partition coefficient (Wildman–Crippen LogP) is 2.31. The zero-order chi connectivity index (χ0) is 23.7. The highest BCUT2D eigenvalue weighted by Gasteiger charge is 2.35. The average molecular weight is 486 g/mol. The summed E-state index contributed by atoms with van der Waals surface area (Å²) in [5.41, 5.74) is -3.93. The molecule has 1 atom stereocenters. The largest absolute Gasteiger partial charge is 0.431 e. The molecule has 1 unspecified atom stereocenters. The van der Waals surface area contributed by atoms with Crippen molar-refractivity contribution in [2.45, 2.75) is 19.4 Å². The summed E-state index contributed by atoms with van der Waals surface area (Å²) >= 11 is 11.6. The Bertz CT molecular complexity index is 1170. The van der Waals surface area contributed by atoms with Crippen LogP contribution in [0, 0.1) is 5.82 Å². The van der Waals surface area contributed by atoms with E-state index < -0.39 is 57.4 Å². The minimum Gasteiger partial charge on any atom is -0.366 e. The van der Waals surface area contributed by atoms with E-state index in [-0.39, 0.29) is 20.2 Å². The number of carbonyl (C=O) groups is 1. The van der Waals surface area contributed by atoms with Crippen LogP contribution in [0.25, 0.3) is 11.8 Å². The van der Waals surface area contributed by atoms with Crippen LogP contribution in [0.3, 0.4) is 0 Å². The first-order valence-electron chi connectivity index (χ1n) is 8.15. The Balaban J connectivity index is 2.64. The van der Waals surface area contributed by atoms with E-state index >= 15 is 4.39 Å². The Labute approximate surface area is 180 Å². The number of aliphatic hydroxyl groups excluding tert-OH is 1. The summed E-state index contributed by atoms with van der Waals surface area (Å²) in [5.74, 6) is -2.40. The number of rotatable bonds is 5. The molecule has 0 spiro atoms. The fourth-order valence-electron chi connectivity index (χ4n) is 2.36. The Kier molecular flexibility index (Phi) is 7.32. The Hall–Kier alpha value is -2.67. The molecule has 168 valence electrons. The summed E-state index contributed by atoms with van der Waals surface area (Å²) in [7, 11) is 0.763. The lowest BCUT2D eigenvalue weighted by Crippen LogP contribution is -2.41. The van der Waals surface area contributed by atoms with Crippen molar-refractivity contribution in [3.8, 4) is 5.69 Å². The van der Waals surface area contributed by atoms with Gasteiger partial charge >= 0.3 is 11.9 Å². The van der Waals surface area contributed by atoms with Crippen LogP contribution in [0.2, 0.25) is 5.02 Å². The molecule has 0 fully saturated rings. The molecule has 1 heterocycles. The Morgan fingerprint density at radius 2 is 1.94 bits per heavy atom. The number of halogens is 6. The molecule has 14 heteroatoms. The first-order valence-corrected chi connectivity index (χ1v) is 8.91. The molecular weight excluding hydrogens is 473 g/mol. The van der Waals surface area contributed by atoms with E-state index in [1.165, 1.54) is 6.92 Å². The normalized spacial score (nSPS) is 13.3. The third-order valence-electron chi connectivity index (χ3n) is 3.77. The summed E-state index contributed by atoms with van der Waals surface area (Å²) in [5, 5.41) is 8.00. The van der Waals surface area contributed by atoms with Crippen LogP contribution in [-0.4, -0.2) is 26.4 Å². The van der Waals surface area contributed by atoms with Crippen molar-refractivity contribution in [1.82, 2.24) is 14.6 Å². The molecule has 1 aromatic heterocycles. The van der Waals surface area contributed by atoms with Crippen LogP contribution in [-0.2, 0) is 22.9 Å². The van der Waals surface area contributed by atoms with Gasteiger partial charge in [0.15, 0.2) is 12.1 Å². The van der Waals surface area contributed by atoms with Crippen molar-refractivity contribution in [3.63, 3.8) is 0 Å². The first kappa shape index (κ1) is 24.6. The van der Waals surface area contributed by atoms with Crippen molar-refractivity contribution in [2.24, 2.45) is 7.05 Å². The van der Waals surface area contributed by atoms with Crippen molar-refractivity contribution in [1.29, 1.82) is 0 Å². The highest BCUT2D eigenvalue weighted by Crippen LogP contribution is 2.29. The third kappa shape index (κ3) is 5.34. The number of hydroxylamine groups is 1. The highest BCUT2D eigenvalue weighted by atomic mass is 35.5. The molecule has 0 aliphatic rings. The number of hydrogen-bond acceptors (Lipinski definition) is 5. The average Bonchev–Trinajstić information content (AvgIpc) is 2.66. The fraction of sp³-hybridized carbons (Fsp3) is 0.235. The molecule has 0 aliphatic carbocycles. The molecule has 0 bridgehead atoms. The van der Waals surface area contributed by atoms with Gasteiger partial charge in [0.05, 0.1) is 10.7 Å². The van der Waals surface area contributed by atoms with Crippen molar-refractivity contribution in [3.05, 3.63) is 66.2 Å². The SMILES string of the molecule is CC(O)ONC(=O)C(Cl)=Cc1c(Cl)ccc(-n2c(=O)cc(C(F)(F)F)n(C)c2=O)c1F. The lowest BCUT2D eigenvalue weighted by atomic mass is 10.1. The van der Waals surface area contributed by atoms with Crippen molar-refractivity contribution >= 4 is 35.2 Å². The van der Waals surface area contributed by atoms with Gasteiger partial charge in [-0.3, -0.25) is 14.2 Å². The molecule has 0 aliphatic heterocycles. The third-order valence-corrected chi connectivity index (χ3v) is 4.38. The minimum atomic E-state index is -4.99. The Morgan fingerprint density at radius 1 is 1.32 bits per heavy atom. The fourth-order valence-corrected chi connectivity index (χ4v) is 2.71. The Morgan fingerprint density at radius 3 is 2.48 bits per heavy atom. The van der Waals surface area contributed by atoms with Gasteiger partial charge in [0.1, 0.15) is 10.7 Å². The van der Waals surface area contributed by atoms with Crippen LogP contribution in [0.1, 0.15) is 18.2 Å². The van der Waals surface area contributed by atoms with Crippen molar-refractivity contribution in [2.75, 3.05) is 0 Å². The number of benzene rings is 1. The maximum Gasteiger partial charge on any atom is 0.431 e. The first-order chi connectivity index (χ1) is 14.3. The van der Waals surface area contributed by atoms with E-state index in [9.17, 15) is 27.6 Å². The van der Waals surface area contributed by atoms with Crippen LogP contribution in [0.5, 0.6) is 0 Å². The number of carbonyl (C=O) groups excluding carboxylic acids is 1. The quantitative estimate of drug-likeness (QED) is 0.293. The molecule has 0 radical (unpaired) electrons. The molecule has 2 aromatic rings. The van der Waals surface area contributed by atoms with Crippen molar-refractivity contribution < 1.29 is 32.3 Å². The molecule has 1 aromatic carbocycles. The molecule has 2 rings (SSSR count). The molecule has 1 amide bonds. The van der Waals surface area contributed by atoms with Crippen LogP contribution < -0.4 is 16.7 Å². The molecular formula is C17H13Cl2F4N3O5. The summed E-state index contributed by atoms with van der Waals surface area (Å²) < 4.78 is 54.3. The number of nitrogens with one attached hydrogen (secondary N) is 1. The standard InChI is InChI=1S/C17H13Cl2F4N3O5/c1-7(27)31-24-15(29)10(19)5-8-9(18)3-4-11(14(8)20)26-13(28)6-12(17(21,22)23)25(2)16(26)30/h3-7,27H,1-2H3,(H,24,29). The van der Waals surface area contributed by atoms with E-state index in [1.54, 1.807) is 5.48 Å². The maximum absolute atomic E-state index is 15.1. The van der Waals surface area contributed by atoms with Gasteiger partial charge in [-0.1, -0.05) is 23.2 Å². The number of aromatic nitrogens is 2. The molecule has 31 heavy (non-hydrogen) atoms. The minimum absolute atomic E-state index is 0.138. The number of aliphatic hydroxyl groups is 1. The van der Waals surface area contributed by atoms with E-state index in [0.717, 1.165) is 25.3 Å². The summed E-state index contributed by atoms with van der Waals surface area (Å²) in [6, 6.07) is 2.08. The van der Waals surface area contributed by atoms with E-state index in [1.807, 2.05) is 0 Å². The summed E-state index contributed by atoms with van der Waals surface area (Å²) in [6.07, 6.45) is -5.63. The molecule has 8 nitrogen and oxygen atoms in total. The summed E-state index contributed by atoms with van der Waals surface area (Å²) in [4.78, 5) is 40.8. The number of hydrogen-bond donors (Lipinski definition) is 2. The van der Waals surface area contributed by atoms with Gasteiger partial charge in [-0.2, -0.15) is 13.2 Å². The summed E-state index contributed by atoms with van der Waals surface area (Å²) in [6.45, 7) is 1.18. The van der Waals surface area contributed by atoms with Crippen LogP contribution in [0.4, 0.5) is 17.6 Å². The molecule has 0 saturated heterocycles. The van der Waals surface area contributed by atoms with Gasteiger partial charge in [0.2, 0.25) is 0 Å². The van der Waals surface area contributed by atoms with Gasteiger partial charge in [0.25, 0.3) is 11.5 Å². The van der Waals surface area contributed by atoms with Gasteiger partial charge in [0, 0.05) is 18.7 Å². The van der Waals surface area contributed by atoms with Gasteiger partial charge in [-0.15, -0.1) is 0 Å². The van der Waals surface area contributed by atoms with Gasteiger partial charge in [-0.05, 0) is 25.1 Å². The maximum atomic E-state index is 15.1. The van der Waals surface area contributed by atoms with E-state index in [2.05, 4.69) is 4.84 Å². The second kappa shape index (κ2) is 9.22. The highest BCUT2D eigenvalue weighted by molar-refractivity contribution is 6.44. The number of amides is 1. The number of alkyl halides is 3. The van der Waals surface area contributed by atoms with Crippen LogP contribution >= 0.6 is 23.2 Å². The lowest BCUT2D eigenvalue weighted by Gasteiger charge is -2.15. The van der Waals surface area contributed by atoms with Gasteiger partial charge < -0.3 is 5.11 Å². The predicted molar refractivity (Wildman–Crippen MR) is 102 cm³/mol. The monoisotopic (exact) mass is 485 g/mol.